The highest BCUT2D eigenvalue weighted by Gasteiger charge is 2.29. The molecule has 0 bridgehead atoms. The third-order valence-corrected chi connectivity index (χ3v) is 7.03. The first kappa shape index (κ1) is 21.9. The van der Waals surface area contributed by atoms with E-state index in [1.807, 2.05) is 4.90 Å². The van der Waals surface area contributed by atoms with Crippen LogP contribution in [0, 0.1) is 11.7 Å². The molecule has 0 spiro atoms. The Morgan fingerprint density at radius 1 is 1.13 bits per heavy atom. The van der Waals surface area contributed by atoms with Gasteiger partial charge in [-0.3, -0.25) is 14.5 Å². The fourth-order valence-electron chi connectivity index (χ4n) is 4.34. The lowest BCUT2D eigenvalue weighted by Crippen LogP contribution is -2.51. The molecule has 2 aromatic rings. The second-order valence-electron chi connectivity index (χ2n) is 8.30. The Kier molecular flexibility index (Phi) is 7.29. The van der Waals surface area contributed by atoms with Gasteiger partial charge < -0.3 is 10.2 Å². The molecule has 1 saturated heterocycles. The van der Waals surface area contributed by atoms with Crippen LogP contribution in [0.15, 0.2) is 29.6 Å². The lowest BCUT2D eigenvalue weighted by atomic mass is 10.1. The molecule has 1 N–H and O–H groups in total. The van der Waals surface area contributed by atoms with Gasteiger partial charge in [0.15, 0.2) is 0 Å². The van der Waals surface area contributed by atoms with Crippen molar-refractivity contribution in [2.75, 3.05) is 39.3 Å². The number of rotatable bonds is 7. The van der Waals surface area contributed by atoms with Gasteiger partial charge >= 0.3 is 0 Å². The molecule has 1 aliphatic heterocycles. The second-order valence-corrected chi connectivity index (χ2v) is 9.24. The number of aromatic nitrogens is 1. The van der Waals surface area contributed by atoms with E-state index in [9.17, 15) is 14.0 Å². The number of nitrogens with one attached hydrogen (secondary N) is 1. The number of amides is 2. The van der Waals surface area contributed by atoms with E-state index in [0.29, 0.717) is 30.1 Å². The summed E-state index contributed by atoms with van der Waals surface area (Å²) in [6, 6.07) is 6.62. The van der Waals surface area contributed by atoms with Crippen LogP contribution in [-0.2, 0) is 11.2 Å². The summed E-state index contributed by atoms with van der Waals surface area (Å²) in [5.74, 6) is 0.118. The molecule has 0 atom stereocenters. The smallest absolute Gasteiger partial charge is 0.270 e. The molecule has 6 nitrogen and oxygen atoms in total. The lowest BCUT2D eigenvalue weighted by molar-refractivity contribution is -0.137. The standard InChI is InChI=1S/C23H29FN4O2S/c24-19-8-4-3-7-18(19)15-21-26-20(16-31-21)22(29)25-9-10-27-11-13-28(14-12-27)23(30)17-5-1-2-6-17/h3-4,7-8,16-17H,1-2,5-6,9-15H2,(H,25,29). The number of halogens is 1. The van der Waals surface area contributed by atoms with Crippen LogP contribution in [0.1, 0.15) is 46.7 Å². The van der Waals surface area contributed by atoms with Gasteiger partial charge in [0.1, 0.15) is 11.5 Å². The van der Waals surface area contributed by atoms with Gasteiger partial charge in [-0.1, -0.05) is 31.0 Å². The summed E-state index contributed by atoms with van der Waals surface area (Å²) in [4.78, 5) is 33.6. The third-order valence-electron chi connectivity index (χ3n) is 6.19. The van der Waals surface area contributed by atoms with Crippen molar-refractivity contribution in [1.29, 1.82) is 0 Å². The van der Waals surface area contributed by atoms with Crippen LogP contribution in [0.3, 0.4) is 0 Å². The molecule has 0 radical (unpaired) electrons. The molecule has 1 aromatic carbocycles. The number of benzene rings is 1. The monoisotopic (exact) mass is 444 g/mol. The number of hydrogen-bond acceptors (Lipinski definition) is 5. The van der Waals surface area contributed by atoms with Crippen LogP contribution in [0.5, 0.6) is 0 Å². The van der Waals surface area contributed by atoms with Crippen molar-refractivity contribution in [3.63, 3.8) is 0 Å². The Balaban J connectivity index is 1.18. The maximum atomic E-state index is 13.8. The number of carbonyl (C=O) groups is 2. The van der Waals surface area contributed by atoms with Crippen molar-refractivity contribution in [2.24, 2.45) is 5.92 Å². The Morgan fingerprint density at radius 3 is 2.61 bits per heavy atom. The highest BCUT2D eigenvalue weighted by atomic mass is 32.1. The molecule has 1 aliphatic carbocycles. The Morgan fingerprint density at radius 2 is 1.87 bits per heavy atom. The van der Waals surface area contributed by atoms with Crippen molar-refractivity contribution < 1.29 is 14.0 Å². The van der Waals surface area contributed by atoms with E-state index < -0.39 is 0 Å². The molecule has 166 valence electrons. The molecule has 31 heavy (non-hydrogen) atoms. The van der Waals surface area contributed by atoms with Gasteiger partial charge in [0.05, 0.1) is 5.01 Å². The Labute approximate surface area is 186 Å². The fourth-order valence-corrected chi connectivity index (χ4v) is 5.14. The molecule has 2 heterocycles. The lowest BCUT2D eigenvalue weighted by Gasteiger charge is -2.36. The normalized spacial score (nSPS) is 17.8. The molecule has 8 heteroatoms. The molecule has 2 amide bonds. The van der Waals surface area contributed by atoms with Gasteiger partial charge in [-0.25, -0.2) is 9.37 Å². The quantitative estimate of drug-likeness (QED) is 0.713. The predicted octanol–water partition coefficient (Wildman–Crippen LogP) is 2.94. The van der Waals surface area contributed by atoms with E-state index in [1.165, 1.54) is 30.2 Å². The van der Waals surface area contributed by atoms with Gasteiger partial charge in [-0.2, -0.15) is 0 Å². The van der Waals surface area contributed by atoms with E-state index in [0.717, 1.165) is 50.6 Å². The Hall–Kier alpha value is -2.32. The van der Waals surface area contributed by atoms with E-state index in [2.05, 4.69) is 15.2 Å². The molecule has 1 aromatic heterocycles. The van der Waals surface area contributed by atoms with Crippen molar-refractivity contribution >= 4 is 23.2 Å². The largest absolute Gasteiger partial charge is 0.349 e. The zero-order valence-corrected chi connectivity index (χ0v) is 18.5. The van der Waals surface area contributed by atoms with E-state index >= 15 is 0 Å². The van der Waals surface area contributed by atoms with Gasteiger partial charge in [-0.05, 0) is 24.5 Å². The molecule has 4 rings (SSSR count). The summed E-state index contributed by atoms with van der Waals surface area (Å²) in [5, 5.41) is 5.36. The predicted molar refractivity (Wildman–Crippen MR) is 119 cm³/mol. The number of carbonyl (C=O) groups excluding carboxylic acids is 2. The summed E-state index contributed by atoms with van der Waals surface area (Å²) in [6.07, 6.45) is 4.83. The SMILES string of the molecule is O=C(NCCN1CCN(C(=O)C2CCCC2)CC1)c1csc(Cc2ccccc2F)n1. The van der Waals surface area contributed by atoms with Crippen molar-refractivity contribution in [3.05, 3.63) is 51.7 Å². The average Bonchev–Trinajstić information content (AvgIpc) is 3.48. The highest BCUT2D eigenvalue weighted by molar-refractivity contribution is 7.09. The zero-order chi connectivity index (χ0) is 21.6. The number of piperazine rings is 1. The van der Waals surface area contributed by atoms with Crippen molar-refractivity contribution in [1.82, 2.24) is 20.1 Å². The maximum absolute atomic E-state index is 13.8. The Bertz CT molecular complexity index is 904. The molecular weight excluding hydrogens is 415 g/mol. The maximum Gasteiger partial charge on any atom is 0.270 e. The number of thiazole rings is 1. The fraction of sp³-hybridized carbons (Fsp3) is 0.522. The second kappa shape index (κ2) is 10.3. The molecule has 2 fully saturated rings. The first-order valence-corrected chi connectivity index (χ1v) is 12.0. The highest BCUT2D eigenvalue weighted by Crippen LogP contribution is 2.26. The molecule has 2 aliphatic rings. The topological polar surface area (TPSA) is 65.5 Å². The van der Waals surface area contributed by atoms with Crippen LogP contribution in [-0.4, -0.2) is 65.9 Å². The minimum atomic E-state index is -0.256. The number of nitrogens with zero attached hydrogens (tertiary/aromatic N) is 3. The van der Waals surface area contributed by atoms with Crippen LogP contribution in [0.4, 0.5) is 4.39 Å². The first-order chi connectivity index (χ1) is 15.1. The zero-order valence-electron chi connectivity index (χ0n) is 17.7. The van der Waals surface area contributed by atoms with Crippen LogP contribution < -0.4 is 5.32 Å². The van der Waals surface area contributed by atoms with Crippen LogP contribution >= 0.6 is 11.3 Å². The summed E-state index contributed by atoms with van der Waals surface area (Å²) in [6.45, 7) is 4.53. The van der Waals surface area contributed by atoms with E-state index in [4.69, 9.17) is 0 Å². The molecule has 0 unspecified atom stereocenters. The van der Waals surface area contributed by atoms with Gasteiger partial charge in [0.25, 0.3) is 5.91 Å². The van der Waals surface area contributed by atoms with Gasteiger partial charge in [0.2, 0.25) is 5.91 Å². The summed E-state index contributed by atoms with van der Waals surface area (Å²) >= 11 is 1.37. The summed E-state index contributed by atoms with van der Waals surface area (Å²) in [5.41, 5.74) is 0.956. The number of hydrogen-bond donors (Lipinski definition) is 1. The van der Waals surface area contributed by atoms with Crippen molar-refractivity contribution in [2.45, 2.75) is 32.1 Å². The van der Waals surface area contributed by atoms with Gasteiger partial charge in [0, 0.05) is 57.0 Å². The van der Waals surface area contributed by atoms with Crippen molar-refractivity contribution in [3.8, 4) is 0 Å². The van der Waals surface area contributed by atoms with Gasteiger partial charge in [-0.15, -0.1) is 11.3 Å². The van der Waals surface area contributed by atoms with E-state index in [-0.39, 0.29) is 17.6 Å². The molecule has 1 saturated carbocycles. The van der Waals surface area contributed by atoms with Crippen LogP contribution in [0.2, 0.25) is 0 Å². The third kappa shape index (κ3) is 5.68. The average molecular weight is 445 g/mol. The molecular formula is C23H29FN4O2S. The summed E-state index contributed by atoms with van der Waals surface area (Å²) in [7, 11) is 0. The van der Waals surface area contributed by atoms with E-state index in [1.54, 1.807) is 23.6 Å². The first-order valence-electron chi connectivity index (χ1n) is 11.1. The minimum Gasteiger partial charge on any atom is -0.349 e. The minimum absolute atomic E-state index is 0.203. The van der Waals surface area contributed by atoms with Crippen LogP contribution in [0.25, 0.3) is 0 Å². The summed E-state index contributed by atoms with van der Waals surface area (Å²) < 4.78 is 13.8.